The molecule has 33 heavy (non-hydrogen) atoms. The summed E-state index contributed by atoms with van der Waals surface area (Å²) >= 11 is 0. The minimum atomic E-state index is 0.816. The topological polar surface area (TPSA) is 38.4 Å². The fraction of sp³-hybridized carbons (Fsp3) is 0.0645. The lowest BCUT2D eigenvalue weighted by atomic mass is 9.91. The van der Waals surface area contributed by atoms with Crippen molar-refractivity contribution in [2.45, 2.75) is 13.8 Å². The second-order valence-corrected chi connectivity index (χ2v) is 8.40. The zero-order chi connectivity index (χ0) is 22.8. The number of aryl methyl sites for hydroxylation is 2. The van der Waals surface area contributed by atoms with Gasteiger partial charge in [-0.3, -0.25) is 0 Å². The maximum atomic E-state index is 5.42. The molecule has 6 aromatic rings. The number of rotatable bonds is 2. The van der Waals surface area contributed by atoms with Crippen LogP contribution in [0.1, 0.15) is 22.3 Å². The lowest BCUT2D eigenvalue weighted by Crippen LogP contribution is -2.05. The van der Waals surface area contributed by atoms with Crippen LogP contribution in [0.2, 0.25) is 0 Å². The first-order chi connectivity index (χ1) is 16.2. The Balaban J connectivity index is 0.000000141. The van der Waals surface area contributed by atoms with Crippen molar-refractivity contribution in [1.29, 1.82) is 0 Å². The average Bonchev–Trinajstić information content (AvgIpc) is 2.87. The van der Waals surface area contributed by atoms with Crippen LogP contribution in [0.15, 0.2) is 114 Å². The molecule has 0 aliphatic rings. The second-order valence-electron chi connectivity index (χ2n) is 8.40. The first-order valence-corrected chi connectivity index (χ1v) is 11.2. The fourth-order valence-electron chi connectivity index (χ4n) is 4.60. The molecule has 2 N–H and O–H groups in total. The standard InChI is InChI=1S/C18H14.C13H12N2/c1-11-3-5-13-8-10-16-12(2)4-6-14-7-9-15(11)17(13)18(14)16;14-15-13(11-7-3-1-4-8-11)12-9-5-2-6-10-12/h3-10H,1-2H3;1-10H,14H2. The molecule has 2 heteroatoms. The lowest BCUT2D eigenvalue weighted by molar-refractivity contribution is 1.24. The van der Waals surface area contributed by atoms with Crippen LogP contribution in [-0.2, 0) is 0 Å². The highest BCUT2D eigenvalue weighted by atomic mass is 15.1. The van der Waals surface area contributed by atoms with Crippen LogP contribution in [-0.4, -0.2) is 5.71 Å². The molecule has 0 saturated carbocycles. The van der Waals surface area contributed by atoms with E-state index >= 15 is 0 Å². The van der Waals surface area contributed by atoms with Crippen LogP contribution in [0.3, 0.4) is 0 Å². The number of hydrazone groups is 1. The summed E-state index contributed by atoms with van der Waals surface area (Å²) in [6, 6.07) is 37.8. The van der Waals surface area contributed by atoms with Crippen molar-refractivity contribution in [3.63, 3.8) is 0 Å². The second kappa shape index (κ2) is 8.76. The van der Waals surface area contributed by atoms with Crippen molar-refractivity contribution in [3.8, 4) is 0 Å². The van der Waals surface area contributed by atoms with Gasteiger partial charge in [0, 0.05) is 11.1 Å². The molecular weight excluding hydrogens is 400 g/mol. The summed E-state index contributed by atoms with van der Waals surface area (Å²) in [4.78, 5) is 0. The van der Waals surface area contributed by atoms with Gasteiger partial charge in [-0.1, -0.05) is 109 Å². The van der Waals surface area contributed by atoms with Gasteiger partial charge in [0.2, 0.25) is 0 Å². The Morgan fingerprint density at radius 1 is 0.515 bits per heavy atom. The maximum Gasteiger partial charge on any atom is 0.0971 e. The van der Waals surface area contributed by atoms with Gasteiger partial charge in [-0.05, 0) is 57.3 Å². The van der Waals surface area contributed by atoms with Crippen LogP contribution >= 0.6 is 0 Å². The van der Waals surface area contributed by atoms with Crippen molar-refractivity contribution in [2.24, 2.45) is 10.9 Å². The molecule has 0 bridgehead atoms. The monoisotopic (exact) mass is 426 g/mol. The van der Waals surface area contributed by atoms with E-state index in [1.807, 2.05) is 60.7 Å². The third-order valence-electron chi connectivity index (χ3n) is 6.32. The van der Waals surface area contributed by atoms with Crippen LogP contribution in [0.5, 0.6) is 0 Å². The van der Waals surface area contributed by atoms with Crippen LogP contribution in [0.4, 0.5) is 0 Å². The molecule has 2 nitrogen and oxygen atoms in total. The summed E-state index contributed by atoms with van der Waals surface area (Å²) in [6.07, 6.45) is 0. The maximum absolute atomic E-state index is 5.42. The molecule has 0 heterocycles. The van der Waals surface area contributed by atoms with Crippen molar-refractivity contribution < 1.29 is 0 Å². The smallest absolute Gasteiger partial charge is 0.0971 e. The Morgan fingerprint density at radius 2 is 0.909 bits per heavy atom. The molecule has 0 saturated heterocycles. The molecule has 0 unspecified atom stereocenters. The SMILES string of the molecule is Cc1ccc2ccc3c(C)ccc4ccc1c2c43.NN=C(c1ccccc1)c1ccccc1. The fourth-order valence-corrected chi connectivity index (χ4v) is 4.60. The van der Waals surface area contributed by atoms with E-state index < -0.39 is 0 Å². The normalized spacial score (nSPS) is 10.8. The molecule has 0 atom stereocenters. The van der Waals surface area contributed by atoms with Crippen molar-refractivity contribution in [1.82, 2.24) is 0 Å². The van der Waals surface area contributed by atoms with E-state index in [1.54, 1.807) is 0 Å². The molecule has 6 rings (SSSR count). The molecule has 160 valence electrons. The van der Waals surface area contributed by atoms with Gasteiger partial charge < -0.3 is 5.84 Å². The number of hydrogen-bond acceptors (Lipinski definition) is 2. The molecule has 0 spiro atoms. The number of nitrogens with two attached hydrogens (primary N) is 1. The Kier molecular flexibility index (Phi) is 5.50. The first kappa shape index (κ1) is 20.7. The number of benzene rings is 6. The highest BCUT2D eigenvalue weighted by molar-refractivity contribution is 6.24. The van der Waals surface area contributed by atoms with Crippen molar-refractivity contribution in [2.75, 3.05) is 0 Å². The Labute approximate surface area is 194 Å². The van der Waals surface area contributed by atoms with E-state index in [0.717, 1.165) is 16.8 Å². The molecule has 0 aliphatic heterocycles. The van der Waals surface area contributed by atoms with E-state index in [-0.39, 0.29) is 0 Å². The summed E-state index contributed by atoms with van der Waals surface area (Å²) in [5.74, 6) is 5.42. The zero-order valence-electron chi connectivity index (χ0n) is 18.9. The largest absolute Gasteiger partial charge is 0.323 e. The van der Waals surface area contributed by atoms with E-state index in [9.17, 15) is 0 Å². The van der Waals surface area contributed by atoms with Crippen molar-refractivity contribution >= 4 is 38.0 Å². The van der Waals surface area contributed by atoms with Gasteiger partial charge in [-0.2, -0.15) is 5.10 Å². The zero-order valence-corrected chi connectivity index (χ0v) is 18.9. The average molecular weight is 427 g/mol. The van der Waals surface area contributed by atoms with Crippen LogP contribution in [0.25, 0.3) is 32.3 Å². The summed E-state index contributed by atoms with van der Waals surface area (Å²) < 4.78 is 0. The summed E-state index contributed by atoms with van der Waals surface area (Å²) in [7, 11) is 0. The third-order valence-corrected chi connectivity index (χ3v) is 6.32. The van der Waals surface area contributed by atoms with Crippen molar-refractivity contribution in [3.05, 3.63) is 131 Å². The minimum Gasteiger partial charge on any atom is -0.323 e. The molecule has 0 amide bonds. The van der Waals surface area contributed by atoms with E-state index in [4.69, 9.17) is 5.84 Å². The Morgan fingerprint density at radius 3 is 1.30 bits per heavy atom. The predicted octanol–water partition coefficient (Wildman–Crippen LogP) is 7.60. The predicted molar refractivity (Wildman–Crippen MR) is 142 cm³/mol. The number of nitrogens with zero attached hydrogens (tertiary/aromatic N) is 1. The molecule has 0 aliphatic carbocycles. The van der Waals surface area contributed by atoms with Gasteiger partial charge in [0.25, 0.3) is 0 Å². The van der Waals surface area contributed by atoms with Crippen LogP contribution < -0.4 is 5.84 Å². The van der Waals surface area contributed by atoms with Gasteiger partial charge in [0.15, 0.2) is 0 Å². The molecule has 0 radical (unpaired) electrons. The van der Waals surface area contributed by atoms with Gasteiger partial charge in [0.1, 0.15) is 0 Å². The van der Waals surface area contributed by atoms with Crippen LogP contribution in [0, 0.1) is 13.8 Å². The van der Waals surface area contributed by atoms with Gasteiger partial charge in [-0.25, -0.2) is 0 Å². The molecule has 0 fully saturated rings. The molecule has 6 aromatic carbocycles. The molecule has 0 aromatic heterocycles. The number of hydrogen-bond donors (Lipinski definition) is 1. The summed E-state index contributed by atoms with van der Waals surface area (Å²) in [5.41, 5.74) is 5.60. The molecular formula is C31H26N2. The van der Waals surface area contributed by atoms with Gasteiger partial charge in [-0.15, -0.1) is 0 Å². The Hall–Kier alpha value is -4.17. The summed E-state index contributed by atoms with van der Waals surface area (Å²) in [6.45, 7) is 4.39. The highest BCUT2D eigenvalue weighted by Crippen LogP contribution is 2.36. The summed E-state index contributed by atoms with van der Waals surface area (Å²) in [5, 5.41) is 12.2. The van der Waals surface area contributed by atoms with E-state index in [1.165, 1.54) is 43.4 Å². The first-order valence-electron chi connectivity index (χ1n) is 11.2. The third kappa shape index (κ3) is 3.81. The quantitative estimate of drug-likeness (QED) is 0.132. The highest BCUT2D eigenvalue weighted by Gasteiger charge is 2.10. The van der Waals surface area contributed by atoms with Gasteiger partial charge >= 0.3 is 0 Å². The Bertz CT molecular complexity index is 1450. The van der Waals surface area contributed by atoms with E-state index in [2.05, 4.69) is 67.5 Å². The minimum absolute atomic E-state index is 0.816. The lowest BCUT2D eigenvalue weighted by Gasteiger charge is -2.13. The van der Waals surface area contributed by atoms with E-state index in [0.29, 0.717) is 0 Å². The van der Waals surface area contributed by atoms with Gasteiger partial charge in [0.05, 0.1) is 5.71 Å².